The predicted molar refractivity (Wildman–Crippen MR) is 105 cm³/mol. The number of hydrogen-bond acceptors (Lipinski definition) is 5. The minimum atomic E-state index is -3.60. The molecule has 1 atom stereocenters. The molecule has 0 bridgehead atoms. The first-order valence-corrected chi connectivity index (χ1v) is 10.8. The van der Waals surface area contributed by atoms with Crippen LogP contribution in [0.25, 0.3) is 0 Å². The second-order valence-electron chi connectivity index (χ2n) is 6.13. The molecule has 0 N–H and O–H groups in total. The summed E-state index contributed by atoms with van der Waals surface area (Å²) < 4.78 is 38.8. The number of benzene rings is 2. The average Bonchev–Trinajstić information content (AvgIpc) is 3.14. The molecule has 140 valence electrons. The maximum Gasteiger partial charge on any atom is 0.244 e. The van der Waals surface area contributed by atoms with Gasteiger partial charge >= 0.3 is 0 Å². The number of methoxy groups -OCH3 is 2. The molecule has 0 aliphatic carbocycles. The van der Waals surface area contributed by atoms with E-state index in [4.69, 9.17) is 9.47 Å². The van der Waals surface area contributed by atoms with Crippen LogP contribution in [0.5, 0.6) is 11.5 Å². The fourth-order valence-electron chi connectivity index (χ4n) is 3.13. The van der Waals surface area contributed by atoms with Crippen LogP contribution in [0.1, 0.15) is 22.1 Å². The molecule has 0 spiro atoms. The van der Waals surface area contributed by atoms with Gasteiger partial charge in [0.15, 0.2) is 0 Å². The Bertz CT molecular complexity index is 895. The number of sulfonamides is 1. The Balaban J connectivity index is 1.99. The van der Waals surface area contributed by atoms with Gasteiger partial charge in [-0.05, 0) is 54.8 Å². The van der Waals surface area contributed by atoms with Crippen molar-refractivity contribution >= 4 is 21.8 Å². The lowest BCUT2D eigenvalue weighted by Crippen LogP contribution is -2.31. The van der Waals surface area contributed by atoms with Gasteiger partial charge < -0.3 is 9.47 Å². The van der Waals surface area contributed by atoms with Gasteiger partial charge in [-0.15, -0.1) is 11.8 Å². The largest absolute Gasteiger partial charge is 0.497 e. The lowest BCUT2D eigenvalue weighted by molar-refractivity contribution is 0.410. The van der Waals surface area contributed by atoms with E-state index in [0.717, 1.165) is 28.2 Å². The normalized spacial score (nSPS) is 18.1. The van der Waals surface area contributed by atoms with Crippen molar-refractivity contribution in [3.63, 3.8) is 0 Å². The zero-order valence-corrected chi connectivity index (χ0v) is 17.0. The average molecular weight is 394 g/mol. The summed E-state index contributed by atoms with van der Waals surface area (Å²) in [6.45, 7) is 4.21. The molecule has 1 unspecified atom stereocenters. The van der Waals surface area contributed by atoms with Crippen molar-refractivity contribution in [2.45, 2.75) is 24.1 Å². The highest BCUT2D eigenvalue weighted by Gasteiger charge is 2.37. The molecule has 1 aliphatic heterocycles. The van der Waals surface area contributed by atoms with Gasteiger partial charge in [-0.3, -0.25) is 0 Å². The smallest absolute Gasteiger partial charge is 0.244 e. The summed E-state index contributed by atoms with van der Waals surface area (Å²) in [5.74, 6) is 2.22. The monoisotopic (exact) mass is 393 g/mol. The first kappa shape index (κ1) is 19.1. The number of thioether (sulfide) groups is 1. The first-order valence-electron chi connectivity index (χ1n) is 8.31. The Labute approximate surface area is 159 Å². The quantitative estimate of drug-likeness (QED) is 0.774. The summed E-state index contributed by atoms with van der Waals surface area (Å²) in [6.07, 6.45) is 0. The van der Waals surface area contributed by atoms with E-state index in [1.165, 1.54) is 0 Å². The van der Waals surface area contributed by atoms with E-state index in [9.17, 15) is 8.42 Å². The van der Waals surface area contributed by atoms with E-state index in [2.05, 4.69) is 0 Å². The van der Waals surface area contributed by atoms with Gasteiger partial charge in [0, 0.05) is 12.3 Å². The number of ether oxygens (including phenoxy) is 2. The molecule has 1 aliphatic rings. The van der Waals surface area contributed by atoms with E-state index < -0.39 is 10.0 Å². The van der Waals surface area contributed by atoms with Crippen LogP contribution in [0.4, 0.5) is 0 Å². The highest BCUT2D eigenvalue weighted by molar-refractivity contribution is 8.01. The summed E-state index contributed by atoms with van der Waals surface area (Å²) >= 11 is 1.64. The van der Waals surface area contributed by atoms with Crippen molar-refractivity contribution in [3.8, 4) is 11.5 Å². The summed E-state index contributed by atoms with van der Waals surface area (Å²) in [7, 11) is -0.398. The van der Waals surface area contributed by atoms with Crippen molar-refractivity contribution in [2.75, 3.05) is 26.5 Å². The number of nitrogens with zero attached hydrogens (tertiary/aromatic N) is 1. The minimum absolute atomic E-state index is 0.229. The first-order chi connectivity index (χ1) is 12.4. The molecular weight excluding hydrogens is 370 g/mol. The number of rotatable bonds is 5. The van der Waals surface area contributed by atoms with Gasteiger partial charge in [0.1, 0.15) is 11.5 Å². The van der Waals surface area contributed by atoms with Gasteiger partial charge in [-0.2, -0.15) is 4.31 Å². The summed E-state index contributed by atoms with van der Waals surface area (Å²) in [5.41, 5.74) is 2.54. The van der Waals surface area contributed by atoms with Gasteiger partial charge in [0.05, 0.1) is 24.5 Å². The molecule has 0 saturated carbocycles. The third-order valence-corrected chi connectivity index (χ3v) is 8.15. The molecule has 0 aromatic heterocycles. The van der Waals surface area contributed by atoms with Gasteiger partial charge in [0.2, 0.25) is 10.0 Å². The lowest BCUT2D eigenvalue weighted by atomic mass is 10.1. The van der Waals surface area contributed by atoms with Gasteiger partial charge in [-0.1, -0.05) is 12.1 Å². The Hall–Kier alpha value is -1.70. The Kier molecular flexibility index (Phi) is 5.50. The zero-order valence-electron chi connectivity index (χ0n) is 15.4. The van der Waals surface area contributed by atoms with Crippen LogP contribution in [-0.2, 0) is 10.0 Å². The fraction of sp³-hybridized carbons (Fsp3) is 0.368. The molecule has 2 aromatic rings. The van der Waals surface area contributed by atoms with Crippen molar-refractivity contribution < 1.29 is 17.9 Å². The molecule has 5 nitrogen and oxygen atoms in total. The lowest BCUT2D eigenvalue weighted by Gasteiger charge is -2.25. The van der Waals surface area contributed by atoms with E-state index in [1.807, 2.05) is 38.1 Å². The maximum absolute atomic E-state index is 13.4. The summed E-state index contributed by atoms with van der Waals surface area (Å²) in [6, 6.07) is 10.9. The van der Waals surface area contributed by atoms with Crippen LogP contribution in [0.2, 0.25) is 0 Å². The number of hydrogen-bond donors (Lipinski definition) is 0. The topological polar surface area (TPSA) is 55.8 Å². The molecule has 1 saturated heterocycles. The maximum atomic E-state index is 13.4. The van der Waals surface area contributed by atoms with Crippen molar-refractivity contribution in [1.29, 1.82) is 0 Å². The third kappa shape index (κ3) is 3.31. The van der Waals surface area contributed by atoms with Crippen LogP contribution in [0.3, 0.4) is 0 Å². The zero-order chi connectivity index (χ0) is 18.9. The standard InChI is InChI=1S/C19H23NO4S2/c1-13-14(2)18(10-9-17(13)24-4)26(21,22)20-11-12-25-19(20)15-5-7-16(23-3)8-6-15/h5-10,19H,11-12H2,1-4H3. The van der Waals surface area contributed by atoms with Crippen LogP contribution < -0.4 is 9.47 Å². The fourth-order valence-corrected chi connectivity index (χ4v) is 6.65. The third-order valence-electron chi connectivity index (χ3n) is 4.74. The summed E-state index contributed by atoms with van der Waals surface area (Å²) in [4.78, 5) is 0.344. The van der Waals surface area contributed by atoms with Crippen molar-refractivity contribution in [1.82, 2.24) is 4.31 Å². The second kappa shape index (κ2) is 7.50. The molecule has 0 amide bonds. The molecule has 1 heterocycles. The van der Waals surface area contributed by atoms with Crippen molar-refractivity contribution in [3.05, 3.63) is 53.1 Å². The molecule has 2 aromatic carbocycles. The van der Waals surface area contributed by atoms with E-state index >= 15 is 0 Å². The molecule has 0 radical (unpaired) electrons. The minimum Gasteiger partial charge on any atom is -0.497 e. The van der Waals surface area contributed by atoms with E-state index in [-0.39, 0.29) is 5.37 Å². The highest BCUT2D eigenvalue weighted by atomic mass is 32.2. The molecule has 3 rings (SSSR count). The molecule has 7 heteroatoms. The van der Waals surface area contributed by atoms with E-state index in [0.29, 0.717) is 17.2 Å². The Morgan fingerprint density at radius 2 is 1.69 bits per heavy atom. The highest BCUT2D eigenvalue weighted by Crippen LogP contribution is 2.42. The SMILES string of the molecule is COc1ccc(C2SCCN2S(=O)(=O)c2ccc(OC)c(C)c2C)cc1. The van der Waals surface area contributed by atoms with Crippen molar-refractivity contribution in [2.24, 2.45) is 0 Å². The van der Waals surface area contributed by atoms with E-state index in [1.54, 1.807) is 42.4 Å². The molecule has 1 fully saturated rings. The summed E-state index contributed by atoms with van der Waals surface area (Å²) in [5, 5.41) is -0.229. The van der Waals surface area contributed by atoms with Crippen LogP contribution in [0.15, 0.2) is 41.3 Å². The molecule has 26 heavy (non-hydrogen) atoms. The van der Waals surface area contributed by atoms with Gasteiger partial charge in [-0.25, -0.2) is 8.42 Å². The Morgan fingerprint density at radius 1 is 1.00 bits per heavy atom. The molecular formula is C19H23NO4S2. The second-order valence-corrected chi connectivity index (χ2v) is 9.18. The predicted octanol–water partition coefficient (Wildman–Crippen LogP) is 3.76. The van der Waals surface area contributed by atoms with Crippen LogP contribution >= 0.6 is 11.8 Å². The Morgan fingerprint density at radius 3 is 2.31 bits per heavy atom. The van der Waals surface area contributed by atoms with Crippen LogP contribution in [-0.4, -0.2) is 39.2 Å². The van der Waals surface area contributed by atoms with Gasteiger partial charge in [0.25, 0.3) is 0 Å². The van der Waals surface area contributed by atoms with Crippen LogP contribution in [0, 0.1) is 13.8 Å².